The quantitative estimate of drug-likeness (QED) is 0.796. The number of ether oxygens (including phenoxy) is 3. The van der Waals surface area contributed by atoms with Gasteiger partial charge >= 0.3 is 0 Å². The average Bonchev–Trinajstić information content (AvgIpc) is 2.59. The van der Waals surface area contributed by atoms with Crippen LogP contribution in [-0.4, -0.2) is 48.8 Å². The molecule has 1 fully saturated rings. The minimum absolute atomic E-state index is 0.0643. The van der Waals surface area contributed by atoms with Crippen LogP contribution in [0.5, 0.6) is 11.6 Å². The minimum Gasteiger partial charge on any atom is -0.490 e. The Morgan fingerprint density at radius 3 is 2.96 bits per heavy atom. The van der Waals surface area contributed by atoms with Crippen LogP contribution in [0.3, 0.4) is 0 Å². The lowest BCUT2D eigenvalue weighted by Gasteiger charge is -2.23. The number of primary amides is 1. The average molecular weight is 359 g/mol. The predicted molar refractivity (Wildman–Crippen MR) is 94.3 cm³/mol. The number of morpholine rings is 1. The van der Waals surface area contributed by atoms with Crippen LogP contribution in [-0.2, 0) is 9.53 Å². The third-order valence-electron chi connectivity index (χ3n) is 3.79. The van der Waals surface area contributed by atoms with Gasteiger partial charge in [-0.25, -0.2) is 4.98 Å². The van der Waals surface area contributed by atoms with Gasteiger partial charge in [0.1, 0.15) is 19.0 Å². The second-order valence-electron chi connectivity index (χ2n) is 6.31. The molecule has 0 unspecified atom stereocenters. The van der Waals surface area contributed by atoms with Crippen LogP contribution in [0.2, 0.25) is 0 Å². The summed E-state index contributed by atoms with van der Waals surface area (Å²) in [6.45, 7) is 4.39. The SMILES string of the molecule is CC(C)Oc1cc2c(OC[C@H]3COCC(=O)N3)nccc2cc1C(N)=O. The first-order valence-electron chi connectivity index (χ1n) is 8.33. The number of amides is 2. The molecule has 0 saturated carbocycles. The van der Waals surface area contributed by atoms with E-state index in [1.807, 2.05) is 13.8 Å². The van der Waals surface area contributed by atoms with Gasteiger partial charge in [0.25, 0.3) is 5.91 Å². The zero-order valence-corrected chi connectivity index (χ0v) is 14.7. The number of hydrogen-bond donors (Lipinski definition) is 2. The smallest absolute Gasteiger partial charge is 0.252 e. The number of hydrogen-bond acceptors (Lipinski definition) is 6. The van der Waals surface area contributed by atoms with Crippen molar-refractivity contribution in [2.24, 2.45) is 5.73 Å². The third kappa shape index (κ3) is 4.02. The Labute approximate surface area is 150 Å². The fraction of sp³-hybridized carbons (Fsp3) is 0.389. The molecular weight excluding hydrogens is 338 g/mol. The highest BCUT2D eigenvalue weighted by Crippen LogP contribution is 2.31. The van der Waals surface area contributed by atoms with Crippen molar-refractivity contribution < 1.29 is 23.8 Å². The second kappa shape index (κ2) is 7.57. The highest BCUT2D eigenvalue weighted by atomic mass is 16.5. The number of fused-ring (bicyclic) bond motifs is 1. The minimum atomic E-state index is -0.566. The van der Waals surface area contributed by atoms with E-state index in [2.05, 4.69) is 10.3 Å². The standard InChI is InChI=1S/C18H21N3O5/c1-10(2)26-15-6-13-11(5-14(15)17(19)23)3-4-20-18(13)25-8-12-7-24-9-16(22)21-12/h3-6,10,12H,7-9H2,1-2H3,(H2,19,23)(H,21,22)/t12-/m1/s1. The van der Waals surface area contributed by atoms with Gasteiger partial charge in [0.2, 0.25) is 11.8 Å². The molecular formula is C18H21N3O5. The first kappa shape index (κ1) is 17.9. The molecule has 1 saturated heterocycles. The number of pyridine rings is 1. The van der Waals surface area contributed by atoms with Crippen molar-refractivity contribution >= 4 is 22.6 Å². The molecule has 2 heterocycles. The van der Waals surface area contributed by atoms with Crippen molar-refractivity contribution in [2.75, 3.05) is 19.8 Å². The van der Waals surface area contributed by atoms with Gasteiger partial charge in [-0.3, -0.25) is 9.59 Å². The molecule has 1 aliphatic rings. The summed E-state index contributed by atoms with van der Waals surface area (Å²) in [6, 6.07) is 4.88. The highest BCUT2D eigenvalue weighted by molar-refractivity contribution is 6.01. The first-order chi connectivity index (χ1) is 12.4. The summed E-state index contributed by atoms with van der Waals surface area (Å²) in [5.74, 6) is 0.0254. The Kier molecular flexibility index (Phi) is 5.22. The largest absolute Gasteiger partial charge is 0.490 e. The van der Waals surface area contributed by atoms with E-state index >= 15 is 0 Å². The molecule has 8 nitrogen and oxygen atoms in total. The summed E-state index contributed by atoms with van der Waals surface area (Å²) in [6.07, 6.45) is 1.46. The Morgan fingerprint density at radius 1 is 1.46 bits per heavy atom. The van der Waals surface area contributed by atoms with Crippen LogP contribution in [0.15, 0.2) is 24.4 Å². The zero-order valence-electron chi connectivity index (χ0n) is 14.7. The van der Waals surface area contributed by atoms with E-state index in [0.717, 1.165) is 5.39 Å². The molecule has 0 radical (unpaired) electrons. The van der Waals surface area contributed by atoms with Gasteiger partial charge in [-0.15, -0.1) is 0 Å². The van der Waals surface area contributed by atoms with Gasteiger partial charge in [-0.1, -0.05) is 0 Å². The summed E-state index contributed by atoms with van der Waals surface area (Å²) in [4.78, 5) is 27.4. The number of rotatable bonds is 6. The topological polar surface area (TPSA) is 113 Å². The fourth-order valence-electron chi connectivity index (χ4n) is 2.71. The van der Waals surface area contributed by atoms with Crippen molar-refractivity contribution in [2.45, 2.75) is 26.0 Å². The molecule has 1 aromatic heterocycles. The van der Waals surface area contributed by atoms with E-state index in [0.29, 0.717) is 29.2 Å². The molecule has 1 atom stereocenters. The molecule has 0 aliphatic carbocycles. The van der Waals surface area contributed by atoms with Gasteiger partial charge in [0.05, 0.1) is 24.3 Å². The Hall–Kier alpha value is -2.87. The second-order valence-corrected chi connectivity index (χ2v) is 6.31. The predicted octanol–water partition coefficient (Wildman–Crippen LogP) is 1.01. The maximum absolute atomic E-state index is 11.7. The van der Waals surface area contributed by atoms with Crippen molar-refractivity contribution in [3.8, 4) is 11.6 Å². The number of benzene rings is 1. The number of nitrogens with one attached hydrogen (secondary N) is 1. The molecule has 3 N–H and O–H groups in total. The number of aromatic nitrogens is 1. The molecule has 2 aromatic rings. The molecule has 1 aromatic carbocycles. The number of carbonyl (C=O) groups excluding carboxylic acids is 2. The molecule has 2 amide bonds. The summed E-state index contributed by atoms with van der Waals surface area (Å²) in [5, 5.41) is 4.24. The molecule has 0 bridgehead atoms. The lowest BCUT2D eigenvalue weighted by atomic mass is 10.1. The zero-order chi connectivity index (χ0) is 18.7. The van der Waals surface area contributed by atoms with Crippen LogP contribution in [0.1, 0.15) is 24.2 Å². The van der Waals surface area contributed by atoms with Gasteiger partial charge in [-0.05, 0) is 37.4 Å². The maximum atomic E-state index is 11.7. The van der Waals surface area contributed by atoms with E-state index in [1.54, 1.807) is 24.4 Å². The normalized spacial score (nSPS) is 17.2. The Bertz CT molecular complexity index is 837. The lowest BCUT2D eigenvalue weighted by Crippen LogP contribution is -2.48. The summed E-state index contributed by atoms with van der Waals surface area (Å²) in [7, 11) is 0. The van der Waals surface area contributed by atoms with Crippen LogP contribution < -0.4 is 20.5 Å². The van der Waals surface area contributed by atoms with E-state index in [9.17, 15) is 9.59 Å². The third-order valence-corrected chi connectivity index (χ3v) is 3.79. The Balaban J connectivity index is 1.90. The van der Waals surface area contributed by atoms with Crippen LogP contribution in [0.4, 0.5) is 0 Å². The van der Waals surface area contributed by atoms with Crippen molar-refractivity contribution in [3.63, 3.8) is 0 Å². The molecule has 138 valence electrons. The maximum Gasteiger partial charge on any atom is 0.252 e. The molecule has 0 spiro atoms. The monoisotopic (exact) mass is 359 g/mol. The lowest BCUT2D eigenvalue weighted by molar-refractivity contribution is -0.131. The van der Waals surface area contributed by atoms with E-state index < -0.39 is 5.91 Å². The van der Waals surface area contributed by atoms with Gasteiger partial charge in [-0.2, -0.15) is 0 Å². The highest BCUT2D eigenvalue weighted by Gasteiger charge is 2.20. The van der Waals surface area contributed by atoms with Gasteiger partial charge in [0, 0.05) is 11.6 Å². The summed E-state index contributed by atoms with van der Waals surface area (Å²) in [5.41, 5.74) is 5.77. The van der Waals surface area contributed by atoms with Gasteiger partial charge in [0.15, 0.2) is 0 Å². The fourth-order valence-corrected chi connectivity index (χ4v) is 2.71. The summed E-state index contributed by atoms with van der Waals surface area (Å²) < 4.78 is 16.7. The number of carbonyl (C=O) groups is 2. The van der Waals surface area contributed by atoms with Gasteiger partial charge < -0.3 is 25.3 Å². The molecule has 1 aliphatic heterocycles. The van der Waals surface area contributed by atoms with E-state index in [4.69, 9.17) is 19.9 Å². The Morgan fingerprint density at radius 2 is 2.27 bits per heavy atom. The van der Waals surface area contributed by atoms with Crippen LogP contribution >= 0.6 is 0 Å². The van der Waals surface area contributed by atoms with E-state index in [1.165, 1.54) is 0 Å². The van der Waals surface area contributed by atoms with E-state index in [-0.39, 0.29) is 31.3 Å². The molecule has 8 heteroatoms. The van der Waals surface area contributed by atoms with Crippen LogP contribution in [0, 0.1) is 0 Å². The first-order valence-corrected chi connectivity index (χ1v) is 8.33. The van der Waals surface area contributed by atoms with Crippen molar-refractivity contribution in [3.05, 3.63) is 30.0 Å². The van der Waals surface area contributed by atoms with Crippen molar-refractivity contribution in [1.82, 2.24) is 10.3 Å². The van der Waals surface area contributed by atoms with Crippen molar-refractivity contribution in [1.29, 1.82) is 0 Å². The molecule has 26 heavy (non-hydrogen) atoms. The van der Waals surface area contributed by atoms with Crippen LogP contribution in [0.25, 0.3) is 10.8 Å². The number of nitrogens with zero attached hydrogens (tertiary/aromatic N) is 1. The number of nitrogens with two attached hydrogens (primary N) is 1. The summed E-state index contributed by atoms with van der Waals surface area (Å²) >= 11 is 0. The molecule has 3 rings (SSSR count).